The molecule has 0 radical (unpaired) electrons. The second kappa shape index (κ2) is 9.72. The molecule has 0 spiro atoms. The van der Waals surface area contributed by atoms with E-state index in [0.29, 0.717) is 0 Å². The molecule has 1 heterocycles. The van der Waals surface area contributed by atoms with Gasteiger partial charge in [-0.2, -0.15) is 0 Å². The predicted octanol–water partition coefficient (Wildman–Crippen LogP) is 2.25. The fourth-order valence-electron chi connectivity index (χ4n) is 4.46. The molecule has 0 amide bonds. The average molecular weight is 449 g/mol. The second-order valence-electron chi connectivity index (χ2n) is 7.92. The van der Waals surface area contributed by atoms with Crippen LogP contribution in [0.4, 0.5) is 0 Å². The Morgan fingerprint density at radius 3 is 1.52 bits per heavy atom. The van der Waals surface area contributed by atoms with Crippen LogP contribution in [0.25, 0.3) is 0 Å². The summed E-state index contributed by atoms with van der Waals surface area (Å²) < 4.78 is 1.21. The van der Waals surface area contributed by atoms with E-state index < -0.39 is 0 Å². The van der Waals surface area contributed by atoms with E-state index in [4.69, 9.17) is 0 Å². The average Bonchev–Trinajstić information content (AvgIpc) is 2.61. The largest absolute Gasteiger partial charge is 1.00 e. The number of benzene rings is 2. The van der Waals surface area contributed by atoms with Gasteiger partial charge < -0.3 is 28.5 Å². The number of hydrogen-bond donors (Lipinski definition) is 0. The molecule has 2 aromatic carbocycles. The van der Waals surface area contributed by atoms with Gasteiger partial charge in [-0.05, 0) is 43.2 Å². The lowest BCUT2D eigenvalue weighted by molar-refractivity contribution is -0.944. The number of piperidine rings is 1. The summed E-state index contributed by atoms with van der Waals surface area (Å²) >= 11 is 0. The first-order valence-electron chi connectivity index (χ1n) is 9.57. The second-order valence-corrected chi connectivity index (χ2v) is 7.92. The van der Waals surface area contributed by atoms with Crippen molar-refractivity contribution in [2.75, 3.05) is 14.1 Å². The van der Waals surface area contributed by atoms with Crippen molar-refractivity contribution in [2.45, 2.75) is 57.0 Å². The number of aryl methyl sites for hydroxylation is 2. The molecule has 0 unspecified atom stereocenters. The van der Waals surface area contributed by atoms with Crippen LogP contribution in [0.15, 0.2) is 60.7 Å². The maximum Gasteiger partial charge on any atom is 0.0891 e. The van der Waals surface area contributed by atoms with Crippen LogP contribution < -0.4 is 24.0 Å². The van der Waals surface area contributed by atoms with Crippen LogP contribution in [0.5, 0.6) is 0 Å². The van der Waals surface area contributed by atoms with Crippen molar-refractivity contribution in [3.8, 4) is 0 Å². The Morgan fingerprint density at radius 2 is 1.12 bits per heavy atom. The Hall–Kier alpha value is -0.870. The van der Waals surface area contributed by atoms with Crippen molar-refractivity contribution < 1.29 is 28.5 Å². The molecule has 3 rings (SSSR count). The third kappa shape index (κ3) is 5.55. The van der Waals surface area contributed by atoms with E-state index in [1.165, 1.54) is 60.6 Å². The van der Waals surface area contributed by atoms with E-state index in [2.05, 4.69) is 74.8 Å². The number of rotatable bonds is 6. The van der Waals surface area contributed by atoms with Crippen molar-refractivity contribution in [2.24, 2.45) is 0 Å². The zero-order valence-electron chi connectivity index (χ0n) is 15.7. The van der Waals surface area contributed by atoms with Gasteiger partial charge in [-0.3, -0.25) is 0 Å². The van der Waals surface area contributed by atoms with Gasteiger partial charge in [0.15, 0.2) is 0 Å². The van der Waals surface area contributed by atoms with Crippen molar-refractivity contribution >= 4 is 0 Å². The molecular formula is C23H32IN. The first kappa shape index (κ1) is 20.4. The van der Waals surface area contributed by atoms with Gasteiger partial charge in [-0.25, -0.2) is 0 Å². The summed E-state index contributed by atoms with van der Waals surface area (Å²) in [4.78, 5) is 0. The molecule has 1 fully saturated rings. The van der Waals surface area contributed by atoms with E-state index in [9.17, 15) is 0 Å². The highest BCUT2D eigenvalue weighted by Gasteiger charge is 2.38. The minimum absolute atomic E-state index is 0. The van der Waals surface area contributed by atoms with Crippen molar-refractivity contribution in [3.05, 3.63) is 71.8 Å². The number of nitrogens with zero attached hydrogens (tertiary/aromatic N) is 1. The number of halogens is 1. The highest BCUT2D eigenvalue weighted by atomic mass is 127. The van der Waals surface area contributed by atoms with Gasteiger partial charge >= 0.3 is 0 Å². The van der Waals surface area contributed by atoms with E-state index >= 15 is 0 Å². The molecule has 0 aromatic heterocycles. The Bertz CT molecular complexity index is 555. The number of hydrogen-bond acceptors (Lipinski definition) is 0. The Balaban J connectivity index is 0.00000225. The van der Waals surface area contributed by atoms with E-state index in [0.717, 1.165) is 12.1 Å². The third-order valence-electron chi connectivity index (χ3n) is 6.18. The molecule has 1 nitrogen and oxygen atoms in total. The van der Waals surface area contributed by atoms with Gasteiger partial charge in [-0.1, -0.05) is 60.7 Å². The maximum atomic E-state index is 2.48. The van der Waals surface area contributed by atoms with E-state index in [1.54, 1.807) is 0 Å². The quantitative estimate of drug-likeness (QED) is 0.469. The summed E-state index contributed by atoms with van der Waals surface area (Å²) in [6.45, 7) is 0. The summed E-state index contributed by atoms with van der Waals surface area (Å²) in [6, 6.07) is 23.6. The fraction of sp³-hybridized carbons (Fsp3) is 0.478. The van der Waals surface area contributed by atoms with Crippen molar-refractivity contribution in [3.63, 3.8) is 0 Å². The van der Waals surface area contributed by atoms with Gasteiger partial charge in [0.05, 0.1) is 26.2 Å². The van der Waals surface area contributed by atoms with Gasteiger partial charge in [0.25, 0.3) is 0 Å². The first-order valence-corrected chi connectivity index (χ1v) is 9.57. The van der Waals surface area contributed by atoms with Gasteiger partial charge in [0.1, 0.15) is 0 Å². The smallest absolute Gasteiger partial charge is 0.0891 e. The van der Waals surface area contributed by atoms with Crippen LogP contribution in [0, 0.1) is 0 Å². The molecule has 2 atom stereocenters. The molecule has 2 heteroatoms. The molecule has 1 aliphatic heterocycles. The first-order chi connectivity index (χ1) is 11.7. The minimum Gasteiger partial charge on any atom is -1.00 e. The molecule has 136 valence electrons. The highest BCUT2D eigenvalue weighted by molar-refractivity contribution is 5.15. The molecule has 0 saturated carbocycles. The molecule has 1 saturated heterocycles. The lowest BCUT2D eigenvalue weighted by Gasteiger charge is -2.48. The molecular weight excluding hydrogens is 417 g/mol. The Labute approximate surface area is 171 Å². The minimum atomic E-state index is 0. The molecule has 2 aromatic rings. The predicted molar refractivity (Wildman–Crippen MR) is 103 cm³/mol. The van der Waals surface area contributed by atoms with Gasteiger partial charge in [0.2, 0.25) is 0 Å². The molecule has 0 aliphatic carbocycles. The van der Waals surface area contributed by atoms with Crippen LogP contribution in [-0.2, 0) is 12.8 Å². The SMILES string of the molecule is C[N+]1(C)[C@H](CCc2ccccc2)CCC[C@H]1CCc1ccccc1.[I-]. The van der Waals surface area contributed by atoms with Crippen LogP contribution in [0.1, 0.15) is 43.2 Å². The molecule has 25 heavy (non-hydrogen) atoms. The lowest BCUT2D eigenvalue weighted by atomic mass is 9.87. The van der Waals surface area contributed by atoms with E-state index in [-0.39, 0.29) is 24.0 Å². The van der Waals surface area contributed by atoms with E-state index in [1.807, 2.05) is 0 Å². The van der Waals surface area contributed by atoms with Crippen molar-refractivity contribution in [1.82, 2.24) is 0 Å². The Morgan fingerprint density at radius 1 is 0.720 bits per heavy atom. The molecule has 0 N–H and O–H groups in total. The lowest BCUT2D eigenvalue weighted by Crippen LogP contribution is -3.00. The summed E-state index contributed by atoms with van der Waals surface area (Å²) in [5.74, 6) is 0. The normalized spacial score (nSPS) is 22.2. The van der Waals surface area contributed by atoms with Crippen LogP contribution in [-0.4, -0.2) is 30.7 Å². The number of quaternary nitrogens is 1. The van der Waals surface area contributed by atoms with Crippen LogP contribution in [0.3, 0.4) is 0 Å². The highest BCUT2D eigenvalue weighted by Crippen LogP contribution is 2.32. The molecule has 1 aliphatic rings. The van der Waals surface area contributed by atoms with Gasteiger partial charge in [0, 0.05) is 12.8 Å². The molecule has 0 bridgehead atoms. The summed E-state index contributed by atoms with van der Waals surface area (Å²) in [5.41, 5.74) is 2.98. The topological polar surface area (TPSA) is 0 Å². The maximum absolute atomic E-state index is 2.48. The summed E-state index contributed by atoms with van der Waals surface area (Å²) in [7, 11) is 4.95. The third-order valence-corrected chi connectivity index (χ3v) is 6.18. The van der Waals surface area contributed by atoms with Gasteiger partial charge in [-0.15, -0.1) is 0 Å². The zero-order chi connectivity index (χ0) is 16.8. The monoisotopic (exact) mass is 449 g/mol. The zero-order valence-corrected chi connectivity index (χ0v) is 17.9. The fourth-order valence-corrected chi connectivity index (χ4v) is 4.46. The van der Waals surface area contributed by atoms with Crippen molar-refractivity contribution in [1.29, 1.82) is 0 Å². The summed E-state index contributed by atoms with van der Waals surface area (Å²) in [6.07, 6.45) is 9.26. The summed E-state index contributed by atoms with van der Waals surface area (Å²) in [5, 5.41) is 0. The standard InChI is InChI=1S/C23H32N.HI/c1-24(2)22(18-16-20-10-5-3-6-11-20)14-9-15-23(24)19-17-21-12-7-4-8-13-21;/h3-8,10-13,22-23H,9,14-19H2,1-2H3;1H/q+1;/p-1/t22-,23-;/m0./s1. The number of likely N-dealkylation sites (tertiary alicyclic amines) is 1. The Kier molecular flexibility index (Phi) is 7.95. The van der Waals surface area contributed by atoms with Crippen LogP contribution in [0.2, 0.25) is 0 Å². The van der Waals surface area contributed by atoms with Crippen LogP contribution >= 0.6 is 0 Å².